The van der Waals surface area contributed by atoms with Gasteiger partial charge in [-0.05, 0) is 12.1 Å². The molecule has 4 heteroatoms. The largest absolute Gasteiger partial charge is 0.492 e. The van der Waals surface area contributed by atoms with Crippen LogP contribution in [0.5, 0.6) is 11.5 Å². The molecule has 0 bridgehead atoms. The molecule has 2 saturated heterocycles. The molecule has 2 fully saturated rings. The summed E-state index contributed by atoms with van der Waals surface area (Å²) in [6.07, 6.45) is 0. The minimum Gasteiger partial charge on any atom is -0.492 e. The summed E-state index contributed by atoms with van der Waals surface area (Å²) >= 11 is 3.94. The van der Waals surface area contributed by atoms with Gasteiger partial charge in [-0.2, -0.15) is 23.5 Å². The molecule has 2 nitrogen and oxygen atoms in total. The van der Waals surface area contributed by atoms with Gasteiger partial charge in [0, 0.05) is 38.5 Å². The highest BCUT2D eigenvalue weighted by molar-refractivity contribution is 8.07. The van der Waals surface area contributed by atoms with Crippen molar-refractivity contribution in [3.63, 3.8) is 0 Å². The van der Waals surface area contributed by atoms with Gasteiger partial charge < -0.3 is 9.47 Å². The molecule has 2 aromatic rings. The lowest BCUT2D eigenvalue weighted by atomic mass is 9.77. The van der Waals surface area contributed by atoms with Crippen LogP contribution in [-0.2, 0) is 5.41 Å². The Bertz CT molecular complexity index is 675. The summed E-state index contributed by atoms with van der Waals surface area (Å²) in [5.41, 5.74) is 2.26. The van der Waals surface area contributed by atoms with Crippen molar-refractivity contribution in [3.8, 4) is 11.5 Å². The lowest BCUT2D eigenvalue weighted by molar-refractivity contribution is 0.313. The van der Waals surface area contributed by atoms with Gasteiger partial charge in [-0.3, -0.25) is 0 Å². The Balaban J connectivity index is 1.62. The van der Waals surface area contributed by atoms with Crippen molar-refractivity contribution in [2.75, 3.05) is 24.7 Å². The van der Waals surface area contributed by atoms with E-state index in [1.54, 1.807) is 0 Å². The zero-order valence-corrected chi connectivity index (χ0v) is 16.4. The van der Waals surface area contributed by atoms with E-state index in [4.69, 9.17) is 9.47 Å². The second-order valence-corrected chi connectivity index (χ2v) is 9.82. The van der Waals surface area contributed by atoms with E-state index in [-0.39, 0.29) is 5.41 Å². The van der Waals surface area contributed by atoms with Crippen LogP contribution in [-0.4, -0.2) is 35.2 Å². The molecule has 0 N–H and O–H groups in total. The Labute approximate surface area is 158 Å². The molecule has 2 unspecified atom stereocenters. The monoisotopic (exact) mass is 372 g/mol. The first-order valence-corrected chi connectivity index (χ1v) is 10.9. The molecule has 132 valence electrons. The summed E-state index contributed by atoms with van der Waals surface area (Å²) in [5.74, 6) is 4.43. The third kappa shape index (κ3) is 4.12. The summed E-state index contributed by atoms with van der Waals surface area (Å²) in [6.45, 7) is 6.12. The quantitative estimate of drug-likeness (QED) is 0.607. The van der Waals surface area contributed by atoms with Crippen LogP contribution in [0.15, 0.2) is 48.5 Å². The Kier molecular flexibility index (Phi) is 4.92. The molecule has 2 aliphatic rings. The van der Waals surface area contributed by atoms with Gasteiger partial charge in [-0.25, -0.2) is 0 Å². The molecule has 25 heavy (non-hydrogen) atoms. The number of hydrogen-bond acceptors (Lipinski definition) is 4. The third-order valence-electron chi connectivity index (χ3n) is 4.78. The molecular weight excluding hydrogens is 348 g/mol. The number of ether oxygens (including phenoxy) is 2. The summed E-state index contributed by atoms with van der Waals surface area (Å²) in [5, 5.41) is 1.34. The van der Waals surface area contributed by atoms with E-state index in [1.807, 2.05) is 23.5 Å². The fourth-order valence-electron chi connectivity index (χ4n) is 3.06. The predicted octanol–water partition coefficient (Wildman–Crippen LogP) is 5.00. The zero-order valence-electron chi connectivity index (χ0n) is 14.7. The van der Waals surface area contributed by atoms with Gasteiger partial charge in [0.15, 0.2) is 0 Å². The van der Waals surface area contributed by atoms with Crippen LogP contribution < -0.4 is 9.47 Å². The van der Waals surface area contributed by atoms with E-state index in [0.29, 0.717) is 10.5 Å². The molecule has 2 heterocycles. The number of thioether (sulfide) groups is 2. The van der Waals surface area contributed by atoms with Crippen LogP contribution in [0.2, 0.25) is 0 Å². The summed E-state index contributed by atoms with van der Waals surface area (Å²) in [4.78, 5) is 0. The van der Waals surface area contributed by atoms with Gasteiger partial charge in [0.1, 0.15) is 24.7 Å². The molecule has 0 aliphatic carbocycles. The van der Waals surface area contributed by atoms with Gasteiger partial charge in [0.25, 0.3) is 0 Å². The second-order valence-electron chi connectivity index (χ2n) is 7.15. The van der Waals surface area contributed by atoms with Gasteiger partial charge >= 0.3 is 0 Å². The normalized spacial score (nSPS) is 21.7. The van der Waals surface area contributed by atoms with Crippen molar-refractivity contribution in [2.24, 2.45) is 0 Å². The number of para-hydroxylation sites is 2. The number of rotatable bonds is 8. The van der Waals surface area contributed by atoms with Crippen molar-refractivity contribution in [1.29, 1.82) is 0 Å². The van der Waals surface area contributed by atoms with Crippen LogP contribution in [0.3, 0.4) is 0 Å². The number of benzene rings is 2. The minimum atomic E-state index is -0.180. The van der Waals surface area contributed by atoms with E-state index < -0.39 is 0 Å². The maximum atomic E-state index is 6.15. The second kappa shape index (κ2) is 7.16. The molecule has 2 atom stereocenters. The highest BCUT2D eigenvalue weighted by Gasteiger charge is 2.31. The lowest BCUT2D eigenvalue weighted by Gasteiger charge is -2.30. The fourth-order valence-corrected chi connectivity index (χ4v) is 3.85. The molecule has 2 aromatic carbocycles. The molecular formula is C21H24O2S2. The molecule has 2 aliphatic heterocycles. The van der Waals surface area contributed by atoms with Crippen molar-refractivity contribution in [1.82, 2.24) is 0 Å². The highest BCUT2D eigenvalue weighted by atomic mass is 32.2. The van der Waals surface area contributed by atoms with E-state index in [0.717, 1.165) is 24.7 Å². The van der Waals surface area contributed by atoms with Crippen molar-refractivity contribution in [2.45, 2.75) is 29.8 Å². The first-order valence-electron chi connectivity index (χ1n) is 8.82. The zero-order chi connectivity index (χ0) is 17.3. The summed E-state index contributed by atoms with van der Waals surface area (Å²) < 4.78 is 12.3. The standard InChI is InChI=1S/C21H24O2S2/c1-21(2,17-7-3-5-9-19(17)22-11-15-13-24-15)18-8-4-6-10-20(18)23-12-16-14-25-16/h3-10,15-16H,11-14H2,1-2H3. The van der Waals surface area contributed by atoms with E-state index in [2.05, 4.69) is 62.4 Å². The lowest BCUT2D eigenvalue weighted by Crippen LogP contribution is -2.22. The van der Waals surface area contributed by atoms with Gasteiger partial charge in [-0.1, -0.05) is 50.2 Å². The Morgan fingerprint density at radius 3 is 1.60 bits per heavy atom. The first kappa shape index (κ1) is 17.2. The van der Waals surface area contributed by atoms with Crippen LogP contribution in [0.4, 0.5) is 0 Å². The summed E-state index contributed by atoms with van der Waals surface area (Å²) in [6, 6.07) is 16.9. The first-order chi connectivity index (χ1) is 12.1. The summed E-state index contributed by atoms with van der Waals surface area (Å²) in [7, 11) is 0. The maximum absolute atomic E-state index is 6.15. The van der Waals surface area contributed by atoms with E-state index in [9.17, 15) is 0 Å². The van der Waals surface area contributed by atoms with Crippen molar-refractivity contribution in [3.05, 3.63) is 59.7 Å². The molecule has 0 aromatic heterocycles. The average molecular weight is 373 g/mol. The maximum Gasteiger partial charge on any atom is 0.123 e. The third-order valence-corrected chi connectivity index (χ3v) is 6.66. The fraction of sp³-hybridized carbons (Fsp3) is 0.429. The number of hydrogen-bond donors (Lipinski definition) is 0. The van der Waals surface area contributed by atoms with Gasteiger partial charge in [0.2, 0.25) is 0 Å². The van der Waals surface area contributed by atoms with Crippen LogP contribution >= 0.6 is 23.5 Å². The molecule has 0 spiro atoms. The highest BCUT2D eigenvalue weighted by Crippen LogP contribution is 2.42. The Morgan fingerprint density at radius 2 is 1.20 bits per heavy atom. The van der Waals surface area contributed by atoms with Crippen molar-refractivity contribution < 1.29 is 9.47 Å². The van der Waals surface area contributed by atoms with Gasteiger partial charge in [0.05, 0.1) is 0 Å². The minimum absolute atomic E-state index is 0.180. The Morgan fingerprint density at radius 1 is 0.800 bits per heavy atom. The SMILES string of the molecule is CC(C)(c1ccccc1OCC1CS1)c1ccccc1OCC1CS1. The van der Waals surface area contributed by atoms with Crippen LogP contribution in [0, 0.1) is 0 Å². The molecule has 4 rings (SSSR count). The van der Waals surface area contributed by atoms with E-state index in [1.165, 1.54) is 22.6 Å². The predicted molar refractivity (Wildman–Crippen MR) is 108 cm³/mol. The van der Waals surface area contributed by atoms with Crippen LogP contribution in [0.1, 0.15) is 25.0 Å². The van der Waals surface area contributed by atoms with E-state index >= 15 is 0 Å². The molecule has 0 saturated carbocycles. The average Bonchev–Trinajstić information content (AvgIpc) is 3.53. The molecule has 0 radical (unpaired) electrons. The smallest absolute Gasteiger partial charge is 0.123 e. The topological polar surface area (TPSA) is 18.5 Å². The van der Waals surface area contributed by atoms with Gasteiger partial charge in [-0.15, -0.1) is 0 Å². The van der Waals surface area contributed by atoms with Crippen LogP contribution in [0.25, 0.3) is 0 Å². The molecule has 0 amide bonds. The van der Waals surface area contributed by atoms with Crippen molar-refractivity contribution >= 4 is 23.5 Å². The Hall–Kier alpha value is -1.26.